The number of carbonyl (C=O) groups is 1. The highest BCUT2D eigenvalue weighted by Crippen LogP contribution is 2.22. The van der Waals surface area contributed by atoms with Gasteiger partial charge in [0.15, 0.2) is 5.96 Å². The van der Waals surface area contributed by atoms with E-state index >= 15 is 0 Å². The third kappa shape index (κ3) is 6.14. The van der Waals surface area contributed by atoms with Crippen LogP contribution in [0.25, 0.3) is 0 Å². The molecule has 1 aromatic carbocycles. The van der Waals surface area contributed by atoms with Crippen LogP contribution in [-0.2, 0) is 14.9 Å². The molecule has 1 aliphatic heterocycles. The molecular formula is C20H32IN3O2. The van der Waals surface area contributed by atoms with Crippen LogP contribution in [-0.4, -0.2) is 50.1 Å². The minimum atomic E-state index is -0.0905. The van der Waals surface area contributed by atoms with Crippen molar-refractivity contribution < 1.29 is 9.53 Å². The minimum Gasteiger partial charge on any atom is -0.466 e. The summed E-state index contributed by atoms with van der Waals surface area (Å²) in [7, 11) is 1.80. The van der Waals surface area contributed by atoms with Crippen molar-refractivity contribution in [2.75, 3.05) is 33.3 Å². The maximum Gasteiger partial charge on any atom is 0.310 e. The van der Waals surface area contributed by atoms with Gasteiger partial charge in [0.1, 0.15) is 0 Å². The van der Waals surface area contributed by atoms with Gasteiger partial charge in [-0.2, -0.15) is 0 Å². The van der Waals surface area contributed by atoms with Crippen molar-refractivity contribution in [3.63, 3.8) is 0 Å². The Bertz CT molecular complexity index is 590. The van der Waals surface area contributed by atoms with Crippen LogP contribution < -0.4 is 5.32 Å². The highest BCUT2D eigenvalue weighted by molar-refractivity contribution is 14.0. The molecule has 0 amide bonds. The van der Waals surface area contributed by atoms with Gasteiger partial charge in [-0.1, -0.05) is 44.2 Å². The minimum absolute atomic E-state index is 0. The van der Waals surface area contributed by atoms with Crippen molar-refractivity contribution in [2.45, 2.75) is 39.0 Å². The second-order valence-corrected chi connectivity index (χ2v) is 7.19. The number of rotatable bonds is 5. The summed E-state index contributed by atoms with van der Waals surface area (Å²) >= 11 is 0. The van der Waals surface area contributed by atoms with Crippen LogP contribution in [0.2, 0.25) is 0 Å². The number of carbonyl (C=O) groups excluding carboxylic acids is 1. The molecule has 0 aliphatic carbocycles. The van der Waals surface area contributed by atoms with Gasteiger partial charge in [0.2, 0.25) is 0 Å². The topological polar surface area (TPSA) is 53.9 Å². The fraction of sp³-hybridized carbons (Fsp3) is 0.600. The number of hydrogen-bond donors (Lipinski definition) is 1. The number of esters is 1. The fourth-order valence-corrected chi connectivity index (χ4v) is 3.25. The van der Waals surface area contributed by atoms with Crippen molar-refractivity contribution in [2.24, 2.45) is 10.9 Å². The standard InChI is InChI=1S/C20H31N3O2.HI/c1-5-25-18(24)16-10-9-13-23(14-16)19(21-4)22-15-20(2,3)17-11-7-6-8-12-17;/h6-8,11-12,16H,5,9-10,13-15H2,1-4H3,(H,21,22);1H. The van der Waals surface area contributed by atoms with Gasteiger partial charge < -0.3 is 15.0 Å². The Morgan fingerprint density at radius 3 is 2.65 bits per heavy atom. The van der Waals surface area contributed by atoms with E-state index in [1.54, 1.807) is 7.05 Å². The first kappa shape index (κ1) is 22.7. The number of nitrogens with zero attached hydrogens (tertiary/aromatic N) is 2. The summed E-state index contributed by atoms with van der Waals surface area (Å²) in [5, 5.41) is 3.49. The molecule has 1 saturated heterocycles. The van der Waals surface area contributed by atoms with Gasteiger partial charge in [-0.25, -0.2) is 0 Å². The molecule has 2 rings (SSSR count). The van der Waals surface area contributed by atoms with E-state index in [1.807, 2.05) is 13.0 Å². The van der Waals surface area contributed by atoms with E-state index in [1.165, 1.54) is 5.56 Å². The molecule has 146 valence electrons. The third-order valence-electron chi connectivity index (χ3n) is 4.80. The number of halogens is 1. The zero-order chi connectivity index (χ0) is 18.3. The van der Waals surface area contributed by atoms with Crippen molar-refractivity contribution in [1.82, 2.24) is 10.2 Å². The van der Waals surface area contributed by atoms with E-state index in [-0.39, 0.29) is 41.3 Å². The predicted octanol–water partition coefficient (Wildman–Crippen LogP) is 3.43. The number of hydrogen-bond acceptors (Lipinski definition) is 3. The second kappa shape index (κ2) is 10.7. The summed E-state index contributed by atoms with van der Waals surface area (Å²) in [6, 6.07) is 10.5. The second-order valence-electron chi connectivity index (χ2n) is 7.19. The quantitative estimate of drug-likeness (QED) is 0.308. The van der Waals surface area contributed by atoms with Gasteiger partial charge in [0.05, 0.1) is 12.5 Å². The third-order valence-corrected chi connectivity index (χ3v) is 4.80. The van der Waals surface area contributed by atoms with E-state index in [2.05, 4.69) is 53.3 Å². The summed E-state index contributed by atoms with van der Waals surface area (Å²) in [5.74, 6) is 0.708. The van der Waals surface area contributed by atoms with Crippen molar-refractivity contribution in [3.8, 4) is 0 Å². The lowest BCUT2D eigenvalue weighted by Gasteiger charge is -2.35. The van der Waals surface area contributed by atoms with Crippen molar-refractivity contribution >= 4 is 35.9 Å². The van der Waals surface area contributed by atoms with Gasteiger partial charge in [-0.3, -0.25) is 9.79 Å². The molecule has 1 heterocycles. The molecule has 5 nitrogen and oxygen atoms in total. The van der Waals surface area contributed by atoms with E-state index < -0.39 is 0 Å². The Morgan fingerprint density at radius 1 is 1.35 bits per heavy atom. The van der Waals surface area contributed by atoms with Gasteiger partial charge in [0.25, 0.3) is 0 Å². The van der Waals surface area contributed by atoms with Gasteiger partial charge in [0, 0.05) is 32.1 Å². The maximum absolute atomic E-state index is 12.0. The number of benzene rings is 1. The summed E-state index contributed by atoms with van der Waals surface area (Å²) < 4.78 is 5.19. The van der Waals surface area contributed by atoms with E-state index in [0.717, 1.165) is 31.9 Å². The summed E-state index contributed by atoms with van der Waals surface area (Å²) in [4.78, 5) is 18.6. The Morgan fingerprint density at radius 2 is 2.04 bits per heavy atom. The Balaban J connectivity index is 0.00000338. The molecule has 0 aromatic heterocycles. The van der Waals surface area contributed by atoms with Gasteiger partial charge in [-0.05, 0) is 25.3 Å². The van der Waals surface area contributed by atoms with E-state index in [0.29, 0.717) is 13.2 Å². The van der Waals surface area contributed by atoms with Crippen LogP contribution in [0.4, 0.5) is 0 Å². The number of piperidine rings is 1. The summed E-state index contributed by atoms with van der Waals surface area (Å²) in [6.45, 7) is 9.11. The Kier molecular flexibility index (Phi) is 9.39. The maximum atomic E-state index is 12.0. The highest BCUT2D eigenvalue weighted by Gasteiger charge is 2.29. The van der Waals surface area contributed by atoms with E-state index in [9.17, 15) is 4.79 Å². The molecule has 1 aliphatic rings. The molecule has 1 unspecified atom stereocenters. The zero-order valence-corrected chi connectivity index (χ0v) is 18.7. The summed E-state index contributed by atoms with van der Waals surface area (Å²) in [6.07, 6.45) is 1.87. The molecule has 1 atom stereocenters. The first-order valence-corrected chi connectivity index (χ1v) is 9.15. The summed E-state index contributed by atoms with van der Waals surface area (Å²) in [5.41, 5.74) is 1.29. The molecule has 6 heteroatoms. The average Bonchev–Trinajstić information content (AvgIpc) is 2.63. The Labute approximate surface area is 174 Å². The van der Waals surface area contributed by atoms with Crippen molar-refractivity contribution in [1.29, 1.82) is 0 Å². The van der Waals surface area contributed by atoms with Crippen LogP contribution in [0.3, 0.4) is 0 Å². The first-order chi connectivity index (χ1) is 12.0. The van der Waals surface area contributed by atoms with Crippen LogP contribution in [0.1, 0.15) is 39.2 Å². The number of ether oxygens (including phenoxy) is 1. The highest BCUT2D eigenvalue weighted by atomic mass is 127. The lowest BCUT2D eigenvalue weighted by molar-refractivity contribution is -0.149. The molecule has 1 fully saturated rings. The molecule has 0 radical (unpaired) electrons. The normalized spacial score (nSPS) is 18.1. The smallest absolute Gasteiger partial charge is 0.310 e. The Hall–Kier alpha value is -1.31. The monoisotopic (exact) mass is 473 g/mol. The first-order valence-electron chi connectivity index (χ1n) is 9.15. The molecule has 1 aromatic rings. The van der Waals surface area contributed by atoms with Gasteiger partial charge in [-0.15, -0.1) is 24.0 Å². The molecule has 0 bridgehead atoms. The number of aliphatic imine (C=N–C) groups is 1. The predicted molar refractivity (Wildman–Crippen MR) is 117 cm³/mol. The average molecular weight is 473 g/mol. The lowest BCUT2D eigenvalue weighted by Crippen LogP contribution is -2.50. The SMILES string of the molecule is CCOC(=O)C1CCCN(C(=NC)NCC(C)(C)c2ccccc2)C1.I. The fourth-order valence-electron chi connectivity index (χ4n) is 3.25. The molecule has 0 saturated carbocycles. The molecular weight excluding hydrogens is 441 g/mol. The zero-order valence-electron chi connectivity index (χ0n) is 16.3. The molecule has 26 heavy (non-hydrogen) atoms. The molecule has 0 spiro atoms. The largest absolute Gasteiger partial charge is 0.466 e. The number of likely N-dealkylation sites (tertiary alicyclic amines) is 1. The van der Waals surface area contributed by atoms with Crippen molar-refractivity contribution in [3.05, 3.63) is 35.9 Å². The lowest BCUT2D eigenvalue weighted by atomic mass is 9.85. The van der Waals surface area contributed by atoms with Crippen LogP contribution in [0.15, 0.2) is 35.3 Å². The van der Waals surface area contributed by atoms with Crippen LogP contribution >= 0.6 is 24.0 Å². The van der Waals surface area contributed by atoms with Crippen LogP contribution in [0.5, 0.6) is 0 Å². The van der Waals surface area contributed by atoms with Gasteiger partial charge >= 0.3 is 5.97 Å². The molecule has 1 N–H and O–H groups in total. The van der Waals surface area contributed by atoms with Crippen LogP contribution in [0, 0.1) is 5.92 Å². The number of guanidine groups is 1. The number of nitrogens with one attached hydrogen (secondary N) is 1. The van der Waals surface area contributed by atoms with E-state index in [4.69, 9.17) is 4.74 Å².